The zero-order chi connectivity index (χ0) is 12.1. The number of nitrogens with one attached hydrogen (secondary N) is 1. The van der Waals surface area contributed by atoms with Gasteiger partial charge in [-0.25, -0.2) is 0 Å². The van der Waals surface area contributed by atoms with E-state index in [0.717, 1.165) is 0 Å². The lowest BCUT2D eigenvalue weighted by Crippen LogP contribution is -2.37. The topological polar surface area (TPSA) is 29.1 Å². The van der Waals surface area contributed by atoms with E-state index in [1.165, 1.54) is 5.32 Å². The lowest BCUT2D eigenvalue weighted by Gasteiger charge is -2.08. The average molecular weight is 237 g/mol. The Labute approximate surface area is 81.6 Å². The van der Waals surface area contributed by atoms with Crippen LogP contribution in [0.15, 0.2) is 0 Å². The molecule has 0 aromatic carbocycles. The van der Waals surface area contributed by atoms with Crippen LogP contribution in [0.5, 0.6) is 0 Å². The zero-order valence-corrected chi connectivity index (χ0v) is 7.50. The Morgan fingerprint density at radius 1 is 1.00 bits per heavy atom. The Hall–Kier alpha value is -0.950. The Morgan fingerprint density at radius 3 is 1.93 bits per heavy atom. The maximum absolute atomic E-state index is 11.6. The van der Waals surface area contributed by atoms with Gasteiger partial charge in [-0.05, 0) is 12.8 Å². The van der Waals surface area contributed by atoms with Gasteiger partial charge in [0.1, 0.15) is 0 Å². The van der Waals surface area contributed by atoms with E-state index in [4.69, 9.17) is 0 Å². The van der Waals surface area contributed by atoms with Crippen molar-refractivity contribution in [3.63, 3.8) is 0 Å². The van der Waals surface area contributed by atoms with Gasteiger partial charge in [0, 0.05) is 13.0 Å². The second-order valence-corrected chi connectivity index (χ2v) is 2.83. The highest BCUT2D eigenvalue weighted by molar-refractivity contribution is 5.81. The summed E-state index contributed by atoms with van der Waals surface area (Å²) in [5, 5.41) is 1.48. The molecule has 1 N–H and O–H groups in total. The summed E-state index contributed by atoms with van der Waals surface area (Å²) in [4.78, 5) is 10.2. The molecule has 0 spiro atoms. The van der Waals surface area contributed by atoms with Crippen LogP contribution in [-0.2, 0) is 4.79 Å². The van der Waals surface area contributed by atoms with Gasteiger partial charge in [-0.3, -0.25) is 4.79 Å². The predicted octanol–water partition coefficient (Wildman–Crippen LogP) is 2.40. The minimum Gasteiger partial charge on any atom is -0.348 e. The van der Waals surface area contributed by atoms with Crippen LogP contribution in [0.1, 0.15) is 19.3 Å². The molecule has 0 aliphatic carbocycles. The van der Waals surface area contributed by atoms with Gasteiger partial charge in [-0.1, -0.05) is 0 Å². The summed E-state index contributed by atoms with van der Waals surface area (Å²) in [6.07, 6.45) is -10.8. The van der Waals surface area contributed by atoms with Gasteiger partial charge >= 0.3 is 18.3 Å². The Bertz CT molecular complexity index is 209. The zero-order valence-electron chi connectivity index (χ0n) is 7.50. The standard InChI is InChI=1S/C7H9F6NO/c8-6(9,10)3-1-2-4-14-5(15)7(11,12)13/h1-4H2,(H,14,15). The molecule has 2 nitrogen and oxygen atoms in total. The van der Waals surface area contributed by atoms with E-state index in [-0.39, 0.29) is 12.8 Å². The first-order chi connectivity index (χ1) is 6.63. The van der Waals surface area contributed by atoms with Crippen molar-refractivity contribution in [2.75, 3.05) is 6.54 Å². The molecule has 0 aromatic heterocycles. The van der Waals surface area contributed by atoms with Crippen molar-refractivity contribution < 1.29 is 31.1 Å². The molecule has 0 aromatic rings. The summed E-state index contributed by atoms with van der Waals surface area (Å²) in [5.74, 6) is -2.13. The van der Waals surface area contributed by atoms with Gasteiger partial charge in [0.15, 0.2) is 0 Å². The molecule has 0 rings (SSSR count). The summed E-state index contributed by atoms with van der Waals surface area (Å²) in [7, 11) is 0. The summed E-state index contributed by atoms with van der Waals surface area (Å²) in [6, 6.07) is 0. The monoisotopic (exact) mass is 237 g/mol. The molecule has 0 fully saturated rings. The van der Waals surface area contributed by atoms with E-state index >= 15 is 0 Å². The Morgan fingerprint density at radius 2 is 1.53 bits per heavy atom. The highest BCUT2D eigenvalue weighted by Gasteiger charge is 2.38. The van der Waals surface area contributed by atoms with Gasteiger partial charge in [-0.2, -0.15) is 26.3 Å². The molecule has 15 heavy (non-hydrogen) atoms. The van der Waals surface area contributed by atoms with Crippen LogP contribution in [0, 0.1) is 0 Å². The van der Waals surface area contributed by atoms with Gasteiger partial charge in [0.2, 0.25) is 0 Å². The number of halogens is 6. The SMILES string of the molecule is O=C(NCCCCC(F)(F)F)C(F)(F)F. The van der Waals surface area contributed by atoms with Crippen molar-refractivity contribution >= 4 is 5.91 Å². The lowest BCUT2D eigenvalue weighted by atomic mass is 10.2. The number of alkyl halides is 6. The van der Waals surface area contributed by atoms with Crippen LogP contribution < -0.4 is 5.32 Å². The first kappa shape index (κ1) is 14.0. The number of carbonyl (C=O) groups excluding carboxylic acids is 1. The van der Waals surface area contributed by atoms with Crippen molar-refractivity contribution in [3.05, 3.63) is 0 Å². The maximum atomic E-state index is 11.6. The van der Waals surface area contributed by atoms with E-state index in [1.807, 2.05) is 0 Å². The number of hydrogen-bond donors (Lipinski definition) is 1. The van der Waals surface area contributed by atoms with E-state index in [1.54, 1.807) is 0 Å². The lowest BCUT2D eigenvalue weighted by molar-refractivity contribution is -0.173. The Balaban J connectivity index is 3.53. The van der Waals surface area contributed by atoms with Crippen LogP contribution in [0.4, 0.5) is 26.3 Å². The molecule has 0 saturated carbocycles. The molecule has 0 aliphatic heterocycles. The molecule has 90 valence electrons. The highest BCUT2D eigenvalue weighted by atomic mass is 19.4. The quantitative estimate of drug-likeness (QED) is 0.590. The molecule has 0 saturated heterocycles. The van der Waals surface area contributed by atoms with Gasteiger partial charge in [0.05, 0.1) is 0 Å². The normalized spacial score (nSPS) is 12.7. The summed E-state index contributed by atoms with van der Waals surface area (Å²) in [5.41, 5.74) is 0. The number of carbonyl (C=O) groups is 1. The fourth-order valence-corrected chi connectivity index (χ4v) is 0.753. The third-order valence-electron chi connectivity index (χ3n) is 1.43. The van der Waals surface area contributed by atoms with Crippen LogP contribution in [-0.4, -0.2) is 24.8 Å². The minimum absolute atomic E-state index is 0.138. The summed E-state index contributed by atoms with van der Waals surface area (Å²) >= 11 is 0. The third-order valence-corrected chi connectivity index (χ3v) is 1.43. The first-order valence-corrected chi connectivity index (χ1v) is 4.05. The third kappa shape index (κ3) is 8.07. The van der Waals surface area contributed by atoms with Gasteiger partial charge in [0.25, 0.3) is 0 Å². The highest BCUT2D eigenvalue weighted by Crippen LogP contribution is 2.22. The van der Waals surface area contributed by atoms with Crippen molar-refractivity contribution in [2.24, 2.45) is 0 Å². The van der Waals surface area contributed by atoms with Crippen molar-refractivity contribution in [1.82, 2.24) is 5.32 Å². The molecular formula is C7H9F6NO. The van der Waals surface area contributed by atoms with Gasteiger partial charge < -0.3 is 5.32 Å². The molecule has 0 heterocycles. The van der Waals surface area contributed by atoms with E-state index in [2.05, 4.69) is 0 Å². The van der Waals surface area contributed by atoms with E-state index in [9.17, 15) is 31.1 Å². The molecule has 0 unspecified atom stereocenters. The number of rotatable bonds is 4. The van der Waals surface area contributed by atoms with Crippen LogP contribution in [0.25, 0.3) is 0 Å². The van der Waals surface area contributed by atoms with Crippen molar-refractivity contribution in [3.8, 4) is 0 Å². The molecule has 0 atom stereocenters. The predicted molar refractivity (Wildman–Crippen MR) is 39.0 cm³/mol. The van der Waals surface area contributed by atoms with Crippen LogP contribution >= 0.6 is 0 Å². The van der Waals surface area contributed by atoms with Crippen molar-refractivity contribution in [1.29, 1.82) is 0 Å². The summed E-state index contributed by atoms with van der Waals surface area (Å²) in [6.45, 7) is -0.408. The van der Waals surface area contributed by atoms with Crippen molar-refractivity contribution in [2.45, 2.75) is 31.6 Å². The molecule has 0 aliphatic rings. The molecule has 0 radical (unpaired) electrons. The number of unbranched alkanes of at least 4 members (excludes halogenated alkanes) is 1. The smallest absolute Gasteiger partial charge is 0.348 e. The second kappa shape index (κ2) is 5.22. The fraction of sp³-hybridized carbons (Fsp3) is 0.857. The maximum Gasteiger partial charge on any atom is 0.471 e. The summed E-state index contributed by atoms with van der Waals surface area (Å²) < 4.78 is 69.4. The number of hydrogen-bond acceptors (Lipinski definition) is 1. The largest absolute Gasteiger partial charge is 0.471 e. The van der Waals surface area contributed by atoms with E-state index < -0.39 is 31.2 Å². The Kier molecular flexibility index (Phi) is 4.89. The fourth-order valence-electron chi connectivity index (χ4n) is 0.753. The van der Waals surface area contributed by atoms with Crippen LogP contribution in [0.2, 0.25) is 0 Å². The molecule has 0 bridgehead atoms. The van der Waals surface area contributed by atoms with E-state index in [0.29, 0.717) is 0 Å². The first-order valence-electron chi connectivity index (χ1n) is 4.05. The number of amides is 1. The minimum atomic E-state index is -4.98. The second-order valence-electron chi connectivity index (χ2n) is 2.83. The molecular weight excluding hydrogens is 228 g/mol. The average Bonchev–Trinajstić information content (AvgIpc) is 1.99. The van der Waals surface area contributed by atoms with Crippen LogP contribution in [0.3, 0.4) is 0 Å². The van der Waals surface area contributed by atoms with Gasteiger partial charge in [-0.15, -0.1) is 0 Å². The molecule has 1 amide bonds. The molecule has 8 heteroatoms.